The fourth-order valence-corrected chi connectivity index (χ4v) is 1.39. The van der Waals surface area contributed by atoms with Crippen molar-refractivity contribution in [1.82, 2.24) is 5.06 Å². The standard InChI is InChI=1S/C12H11NO4/c1-2-16-13-11(14)10(17-12(13)15)8-9-6-4-3-5-7-9/h3-8H,2H2,1H3/b10-8-. The Kier molecular flexibility index (Phi) is 3.20. The molecule has 0 bridgehead atoms. The van der Waals surface area contributed by atoms with Gasteiger partial charge in [-0.3, -0.25) is 9.63 Å². The van der Waals surface area contributed by atoms with Gasteiger partial charge in [0.15, 0.2) is 0 Å². The number of carbonyl (C=O) groups is 2. The molecule has 1 heterocycles. The van der Waals surface area contributed by atoms with Crippen LogP contribution in [0.3, 0.4) is 0 Å². The van der Waals surface area contributed by atoms with Gasteiger partial charge in [0, 0.05) is 0 Å². The molecule has 0 N–H and O–H groups in total. The van der Waals surface area contributed by atoms with Crippen molar-refractivity contribution in [2.45, 2.75) is 6.92 Å². The summed E-state index contributed by atoms with van der Waals surface area (Å²) < 4.78 is 4.82. The molecular weight excluding hydrogens is 222 g/mol. The van der Waals surface area contributed by atoms with E-state index in [4.69, 9.17) is 9.57 Å². The molecule has 0 saturated carbocycles. The predicted octanol–water partition coefficient (Wildman–Crippen LogP) is 1.96. The van der Waals surface area contributed by atoms with Gasteiger partial charge in [-0.05, 0) is 18.6 Å². The molecular formula is C12H11NO4. The Bertz CT molecular complexity index is 467. The zero-order chi connectivity index (χ0) is 12.3. The fourth-order valence-electron chi connectivity index (χ4n) is 1.39. The summed E-state index contributed by atoms with van der Waals surface area (Å²) >= 11 is 0. The summed E-state index contributed by atoms with van der Waals surface area (Å²) in [4.78, 5) is 27.9. The minimum Gasteiger partial charge on any atom is -0.402 e. The van der Waals surface area contributed by atoms with Crippen LogP contribution >= 0.6 is 0 Å². The van der Waals surface area contributed by atoms with Gasteiger partial charge in [0.05, 0.1) is 6.61 Å². The molecule has 1 saturated heterocycles. The van der Waals surface area contributed by atoms with Gasteiger partial charge < -0.3 is 4.74 Å². The van der Waals surface area contributed by atoms with Gasteiger partial charge in [-0.2, -0.15) is 0 Å². The van der Waals surface area contributed by atoms with Crippen molar-refractivity contribution in [3.05, 3.63) is 41.7 Å². The lowest BCUT2D eigenvalue weighted by Gasteiger charge is -2.06. The quantitative estimate of drug-likeness (QED) is 0.749. The van der Waals surface area contributed by atoms with Crippen LogP contribution in [0.25, 0.3) is 6.08 Å². The molecule has 0 aliphatic carbocycles. The second kappa shape index (κ2) is 4.80. The normalized spacial score (nSPS) is 17.7. The van der Waals surface area contributed by atoms with Gasteiger partial charge in [-0.25, -0.2) is 4.79 Å². The summed E-state index contributed by atoms with van der Waals surface area (Å²) in [6.45, 7) is 1.90. The Morgan fingerprint density at radius 3 is 2.65 bits per heavy atom. The molecule has 88 valence electrons. The van der Waals surface area contributed by atoms with Crippen LogP contribution in [0.1, 0.15) is 12.5 Å². The number of hydroxylamine groups is 2. The zero-order valence-corrected chi connectivity index (χ0v) is 9.25. The summed E-state index contributed by atoms with van der Waals surface area (Å²) in [5, 5.41) is 0.620. The van der Waals surface area contributed by atoms with E-state index in [1.165, 1.54) is 6.08 Å². The van der Waals surface area contributed by atoms with E-state index < -0.39 is 12.0 Å². The minimum atomic E-state index is -0.806. The van der Waals surface area contributed by atoms with Crippen molar-refractivity contribution in [1.29, 1.82) is 0 Å². The number of amides is 2. The number of carbonyl (C=O) groups excluding carboxylic acids is 2. The lowest BCUT2D eigenvalue weighted by Crippen LogP contribution is -2.28. The van der Waals surface area contributed by atoms with Crippen LogP contribution in [0.2, 0.25) is 0 Å². The van der Waals surface area contributed by atoms with E-state index >= 15 is 0 Å². The molecule has 5 nitrogen and oxygen atoms in total. The molecule has 0 spiro atoms. The molecule has 0 radical (unpaired) electrons. The van der Waals surface area contributed by atoms with E-state index in [9.17, 15) is 9.59 Å². The Morgan fingerprint density at radius 1 is 1.29 bits per heavy atom. The number of imide groups is 1. The Balaban J connectivity index is 2.22. The van der Waals surface area contributed by atoms with E-state index in [-0.39, 0.29) is 12.4 Å². The molecule has 2 rings (SSSR count). The van der Waals surface area contributed by atoms with Gasteiger partial charge in [-0.1, -0.05) is 30.3 Å². The molecule has 1 aromatic rings. The van der Waals surface area contributed by atoms with Crippen molar-refractivity contribution < 1.29 is 19.2 Å². The van der Waals surface area contributed by atoms with Gasteiger partial charge >= 0.3 is 12.0 Å². The average molecular weight is 233 g/mol. The third kappa shape index (κ3) is 2.34. The molecule has 17 heavy (non-hydrogen) atoms. The number of benzene rings is 1. The maximum absolute atomic E-state index is 11.7. The Hall–Kier alpha value is -2.14. The highest BCUT2D eigenvalue weighted by Gasteiger charge is 2.37. The van der Waals surface area contributed by atoms with Crippen LogP contribution < -0.4 is 0 Å². The number of nitrogens with zero attached hydrogens (tertiary/aromatic N) is 1. The monoisotopic (exact) mass is 233 g/mol. The minimum absolute atomic E-state index is 0.0327. The van der Waals surface area contributed by atoms with Crippen LogP contribution in [-0.4, -0.2) is 23.7 Å². The van der Waals surface area contributed by atoms with E-state index in [0.29, 0.717) is 5.06 Å². The number of hydrogen-bond acceptors (Lipinski definition) is 4. The molecule has 5 heteroatoms. The summed E-state index contributed by atoms with van der Waals surface area (Å²) in [5.74, 6) is -0.615. The number of hydrogen-bond donors (Lipinski definition) is 0. The second-order valence-corrected chi connectivity index (χ2v) is 3.30. The SMILES string of the molecule is CCON1C(=O)O/C(=C\c2ccccc2)C1=O. The maximum Gasteiger partial charge on any atom is 0.447 e. The van der Waals surface area contributed by atoms with Crippen molar-refractivity contribution in [2.75, 3.05) is 6.61 Å². The summed E-state index contributed by atoms with van der Waals surface area (Å²) in [6.07, 6.45) is 0.693. The first-order valence-corrected chi connectivity index (χ1v) is 5.18. The molecule has 0 atom stereocenters. The molecule has 1 aromatic carbocycles. The maximum atomic E-state index is 11.7. The van der Waals surface area contributed by atoms with Crippen LogP contribution in [-0.2, 0) is 14.4 Å². The smallest absolute Gasteiger partial charge is 0.402 e. The number of cyclic esters (lactones) is 1. The van der Waals surface area contributed by atoms with Crippen molar-refractivity contribution in [3.63, 3.8) is 0 Å². The van der Waals surface area contributed by atoms with Crippen LogP contribution in [0.4, 0.5) is 4.79 Å². The summed E-state index contributed by atoms with van der Waals surface area (Å²) in [6, 6.07) is 9.12. The molecule has 1 fully saturated rings. The van der Waals surface area contributed by atoms with Gasteiger partial charge in [0.1, 0.15) is 0 Å². The first kappa shape index (κ1) is 11.3. The van der Waals surface area contributed by atoms with Gasteiger partial charge in [-0.15, -0.1) is 5.06 Å². The van der Waals surface area contributed by atoms with Gasteiger partial charge in [0.25, 0.3) is 0 Å². The fraction of sp³-hybridized carbons (Fsp3) is 0.167. The number of rotatable bonds is 3. The predicted molar refractivity (Wildman–Crippen MR) is 59.4 cm³/mol. The van der Waals surface area contributed by atoms with E-state index in [2.05, 4.69) is 0 Å². The highest BCUT2D eigenvalue weighted by Crippen LogP contribution is 2.19. The third-order valence-electron chi connectivity index (χ3n) is 2.11. The lowest BCUT2D eigenvalue weighted by atomic mass is 10.2. The molecule has 2 amide bonds. The largest absolute Gasteiger partial charge is 0.447 e. The Morgan fingerprint density at radius 2 is 2.00 bits per heavy atom. The third-order valence-corrected chi connectivity index (χ3v) is 2.11. The average Bonchev–Trinajstić information content (AvgIpc) is 2.59. The first-order valence-electron chi connectivity index (χ1n) is 5.18. The highest BCUT2D eigenvalue weighted by molar-refractivity contribution is 6.08. The molecule has 0 aromatic heterocycles. The van der Waals surface area contributed by atoms with E-state index in [1.807, 2.05) is 18.2 Å². The summed E-state index contributed by atoms with van der Waals surface area (Å²) in [5.41, 5.74) is 0.780. The molecule has 1 aliphatic heterocycles. The van der Waals surface area contributed by atoms with Crippen molar-refractivity contribution >= 4 is 18.1 Å². The van der Waals surface area contributed by atoms with Crippen LogP contribution in [0.15, 0.2) is 36.1 Å². The lowest BCUT2D eigenvalue weighted by molar-refractivity contribution is -0.158. The second-order valence-electron chi connectivity index (χ2n) is 3.30. The number of ether oxygens (including phenoxy) is 1. The first-order chi connectivity index (χ1) is 8.22. The van der Waals surface area contributed by atoms with Crippen molar-refractivity contribution in [3.8, 4) is 0 Å². The van der Waals surface area contributed by atoms with E-state index in [0.717, 1.165) is 5.56 Å². The Labute approximate surface area is 98.2 Å². The highest BCUT2D eigenvalue weighted by atomic mass is 16.8. The topological polar surface area (TPSA) is 55.8 Å². The van der Waals surface area contributed by atoms with Crippen molar-refractivity contribution in [2.24, 2.45) is 0 Å². The van der Waals surface area contributed by atoms with E-state index in [1.54, 1.807) is 19.1 Å². The van der Waals surface area contributed by atoms with Crippen LogP contribution in [0.5, 0.6) is 0 Å². The summed E-state index contributed by atoms with van der Waals surface area (Å²) in [7, 11) is 0. The zero-order valence-electron chi connectivity index (χ0n) is 9.25. The van der Waals surface area contributed by atoms with Crippen LogP contribution in [0, 0.1) is 0 Å². The molecule has 1 aliphatic rings. The van der Waals surface area contributed by atoms with Gasteiger partial charge in [0.2, 0.25) is 5.76 Å². The molecule has 0 unspecified atom stereocenters.